The summed E-state index contributed by atoms with van der Waals surface area (Å²) in [5.74, 6) is -0.342. The maximum absolute atomic E-state index is 12.2. The number of hydrogen-bond acceptors (Lipinski definition) is 7. The average Bonchev–Trinajstić information content (AvgIpc) is 3.21. The highest BCUT2D eigenvalue weighted by molar-refractivity contribution is 7.99. The topological polar surface area (TPSA) is 99.0 Å². The Morgan fingerprint density at radius 2 is 1.86 bits per heavy atom. The lowest BCUT2D eigenvalue weighted by molar-refractivity contribution is -0.118. The molecule has 0 aliphatic heterocycles. The molecular weight excluding hydrogens is 390 g/mol. The summed E-state index contributed by atoms with van der Waals surface area (Å²) < 4.78 is 6.29. The second-order valence-electron chi connectivity index (χ2n) is 6.40. The molecule has 3 rings (SSSR count). The van der Waals surface area contributed by atoms with Crippen LogP contribution in [0, 0.1) is 13.8 Å². The van der Waals surface area contributed by atoms with Crippen molar-refractivity contribution in [2.75, 3.05) is 12.9 Å². The molecule has 0 aliphatic carbocycles. The van der Waals surface area contributed by atoms with E-state index in [2.05, 4.69) is 25.6 Å². The van der Waals surface area contributed by atoms with Crippen molar-refractivity contribution in [2.24, 2.45) is 0 Å². The van der Waals surface area contributed by atoms with E-state index < -0.39 is 5.97 Å². The molecule has 3 aromatic rings. The van der Waals surface area contributed by atoms with E-state index in [1.54, 1.807) is 28.9 Å². The fraction of sp³-hybridized carbons (Fsp3) is 0.250. The van der Waals surface area contributed by atoms with Crippen LogP contribution >= 0.6 is 11.8 Å². The Morgan fingerprint density at radius 1 is 1.10 bits per heavy atom. The minimum absolute atomic E-state index is 0.137. The smallest absolute Gasteiger partial charge is 0.337 e. The molecule has 0 fully saturated rings. The quantitative estimate of drug-likeness (QED) is 0.471. The van der Waals surface area contributed by atoms with Gasteiger partial charge in [-0.2, -0.15) is 4.68 Å². The first-order valence-electron chi connectivity index (χ1n) is 8.90. The third-order valence-electron chi connectivity index (χ3n) is 4.37. The molecule has 0 unspecified atom stereocenters. The lowest BCUT2D eigenvalue weighted by Crippen LogP contribution is -2.24. The Labute approximate surface area is 172 Å². The standard InChI is InChI=1S/C20H21N5O3S/c1-13-4-9-17(10-14(13)2)25-20(22-23-24-25)29-12-18(26)21-11-15-5-7-16(8-6-15)19(27)28-3/h4-10H,11-12H2,1-3H3,(H,21,26). The van der Waals surface area contributed by atoms with E-state index in [1.807, 2.05) is 32.0 Å². The lowest BCUT2D eigenvalue weighted by Gasteiger charge is -2.08. The monoisotopic (exact) mass is 411 g/mol. The molecule has 0 bridgehead atoms. The van der Waals surface area contributed by atoms with Gasteiger partial charge in [0.15, 0.2) is 0 Å². The molecule has 0 atom stereocenters. The SMILES string of the molecule is COC(=O)c1ccc(CNC(=O)CSc2nnnn2-c2ccc(C)c(C)c2)cc1. The molecule has 0 saturated heterocycles. The van der Waals surface area contributed by atoms with Gasteiger partial charge in [0.1, 0.15) is 0 Å². The van der Waals surface area contributed by atoms with Gasteiger partial charge in [-0.3, -0.25) is 4.79 Å². The number of tetrazole rings is 1. The second-order valence-corrected chi connectivity index (χ2v) is 7.34. The predicted molar refractivity (Wildman–Crippen MR) is 109 cm³/mol. The maximum Gasteiger partial charge on any atom is 0.337 e. The van der Waals surface area contributed by atoms with Gasteiger partial charge in [-0.15, -0.1) is 5.10 Å². The van der Waals surface area contributed by atoms with Gasteiger partial charge >= 0.3 is 5.97 Å². The number of thioether (sulfide) groups is 1. The van der Waals surface area contributed by atoms with Crippen LogP contribution in [0.2, 0.25) is 0 Å². The third kappa shape index (κ3) is 5.20. The van der Waals surface area contributed by atoms with Crippen molar-refractivity contribution in [2.45, 2.75) is 25.5 Å². The van der Waals surface area contributed by atoms with Crippen LogP contribution in [0.4, 0.5) is 0 Å². The summed E-state index contributed by atoms with van der Waals surface area (Å²) in [6.07, 6.45) is 0. The van der Waals surface area contributed by atoms with Gasteiger partial charge < -0.3 is 10.1 Å². The molecule has 0 spiro atoms. The fourth-order valence-electron chi connectivity index (χ4n) is 2.55. The van der Waals surface area contributed by atoms with Crippen molar-refractivity contribution in [1.29, 1.82) is 0 Å². The zero-order valence-electron chi connectivity index (χ0n) is 16.4. The first-order valence-corrected chi connectivity index (χ1v) is 9.89. The molecule has 9 heteroatoms. The number of carbonyl (C=O) groups is 2. The van der Waals surface area contributed by atoms with E-state index in [1.165, 1.54) is 24.4 Å². The van der Waals surface area contributed by atoms with E-state index in [0.717, 1.165) is 16.8 Å². The van der Waals surface area contributed by atoms with E-state index in [-0.39, 0.29) is 11.7 Å². The first-order chi connectivity index (χ1) is 14.0. The van der Waals surface area contributed by atoms with Gasteiger partial charge in [0, 0.05) is 6.54 Å². The summed E-state index contributed by atoms with van der Waals surface area (Å²) >= 11 is 1.26. The van der Waals surface area contributed by atoms with E-state index >= 15 is 0 Å². The van der Waals surface area contributed by atoms with Gasteiger partial charge in [-0.05, 0) is 65.2 Å². The Balaban J connectivity index is 1.54. The summed E-state index contributed by atoms with van der Waals surface area (Å²) in [6, 6.07) is 12.9. The Bertz CT molecular complexity index is 1020. The van der Waals surface area contributed by atoms with Crippen molar-refractivity contribution in [3.63, 3.8) is 0 Å². The van der Waals surface area contributed by atoms with Crippen LogP contribution in [-0.4, -0.2) is 44.9 Å². The molecule has 1 aromatic heterocycles. The van der Waals surface area contributed by atoms with Crippen molar-refractivity contribution in [3.8, 4) is 5.69 Å². The predicted octanol–water partition coefficient (Wildman–Crippen LogP) is 2.47. The Morgan fingerprint density at radius 3 is 2.55 bits per heavy atom. The van der Waals surface area contributed by atoms with Crippen molar-refractivity contribution in [3.05, 3.63) is 64.7 Å². The number of nitrogens with one attached hydrogen (secondary N) is 1. The van der Waals surface area contributed by atoms with Crippen LogP contribution in [-0.2, 0) is 16.1 Å². The molecular formula is C20H21N5O3S. The van der Waals surface area contributed by atoms with E-state index in [4.69, 9.17) is 0 Å². The van der Waals surface area contributed by atoms with Crippen LogP contribution in [0.15, 0.2) is 47.6 Å². The molecule has 1 heterocycles. The second kappa shape index (κ2) is 9.33. The number of rotatable bonds is 7. The fourth-order valence-corrected chi connectivity index (χ4v) is 3.27. The van der Waals surface area contributed by atoms with Crippen LogP contribution in [0.5, 0.6) is 0 Å². The molecule has 0 saturated carbocycles. The van der Waals surface area contributed by atoms with Gasteiger partial charge in [-0.1, -0.05) is 30.0 Å². The Kier molecular flexibility index (Phi) is 6.61. The minimum Gasteiger partial charge on any atom is -0.465 e. The summed E-state index contributed by atoms with van der Waals surface area (Å²) in [5, 5.41) is 15.2. The minimum atomic E-state index is -0.390. The van der Waals surface area contributed by atoms with Gasteiger partial charge in [0.25, 0.3) is 0 Å². The molecule has 29 heavy (non-hydrogen) atoms. The van der Waals surface area contributed by atoms with Crippen LogP contribution in [0.25, 0.3) is 5.69 Å². The van der Waals surface area contributed by atoms with Crippen molar-refractivity contribution >= 4 is 23.6 Å². The average molecular weight is 411 g/mol. The van der Waals surface area contributed by atoms with Gasteiger partial charge in [0.05, 0.1) is 24.1 Å². The maximum atomic E-state index is 12.2. The summed E-state index contributed by atoms with van der Waals surface area (Å²) in [7, 11) is 1.34. The van der Waals surface area contributed by atoms with Crippen LogP contribution in [0.3, 0.4) is 0 Å². The molecule has 150 valence electrons. The number of amides is 1. The number of hydrogen-bond donors (Lipinski definition) is 1. The number of nitrogens with zero attached hydrogens (tertiary/aromatic N) is 4. The van der Waals surface area contributed by atoms with Gasteiger partial charge in [-0.25, -0.2) is 4.79 Å². The number of ether oxygens (including phenoxy) is 1. The molecule has 8 nitrogen and oxygen atoms in total. The first kappa shape index (κ1) is 20.5. The third-order valence-corrected chi connectivity index (χ3v) is 5.29. The van der Waals surface area contributed by atoms with E-state index in [9.17, 15) is 9.59 Å². The number of benzene rings is 2. The molecule has 1 N–H and O–H groups in total. The lowest BCUT2D eigenvalue weighted by atomic mass is 10.1. The molecule has 0 radical (unpaired) electrons. The van der Waals surface area contributed by atoms with Gasteiger partial charge in [0.2, 0.25) is 11.1 Å². The van der Waals surface area contributed by atoms with Crippen molar-refractivity contribution < 1.29 is 14.3 Å². The summed E-state index contributed by atoms with van der Waals surface area (Å²) in [5.41, 5.74) is 4.54. The summed E-state index contributed by atoms with van der Waals surface area (Å²) in [6.45, 7) is 4.44. The molecule has 2 aromatic carbocycles. The summed E-state index contributed by atoms with van der Waals surface area (Å²) in [4.78, 5) is 23.6. The van der Waals surface area contributed by atoms with Crippen LogP contribution in [0.1, 0.15) is 27.0 Å². The highest BCUT2D eigenvalue weighted by Gasteiger charge is 2.12. The number of aryl methyl sites for hydroxylation is 2. The highest BCUT2D eigenvalue weighted by atomic mass is 32.2. The molecule has 1 amide bonds. The number of carbonyl (C=O) groups excluding carboxylic acids is 2. The number of esters is 1. The normalized spacial score (nSPS) is 10.6. The highest BCUT2D eigenvalue weighted by Crippen LogP contribution is 2.20. The van der Waals surface area contributed by atoms with Crippen LogP contribution < -0.4 is 5.32 Å². The number of methoxy groups -OCH3 is 1. The molecule has 0 aliphatic rings. The zero-order chi connectivity index (χ0) is 20.8. The Hall–Kier alpha value is -3.20. The number of aromatic nitrogens is 4. The zero-order valence-corrected chi connectivity index (χ0v) is 17.2. The largest absolute Gasteiger partial charge is 0.465 e. The van der Waals surface area contributed by atoms with Crippen molar-refractivity contribution in [1.82, 2.24) is 25.5 Å². The van der Waals surface area contributed by atoms with E-state index in [0.29, 0.717) is 17.3 Å².